The number of aliphatic hydroxyl groups excluding tert-OH is 1. The Morgan fingerprint density at radius 2 is 0.732 bits per heavy atom. The maximum atomic E-state index is 13.4. The topological polar surface area (TPSA) is 453 Å². The molecule has 10 N–H and O–H groups in total. The Kier molecular flexibility index (Phi) is 20.0. The Hall–Kier alpha value is -10.9. The zero-order chi connectivity index (χ0) is 85.8. The highest BCUT2D eigenvalue weighted by Gasteiger charge is 2.66. The van der Waals surface area contributed by atoms with Crippen LogP contribution in [0.25, 0.3) is 33.5 Å². The van der Waals surface area contributed by atoms with Crippen molar-refractivity contribution < 1.29 is 81.6 Å². The van der Waals surface area contributed by atoms with Gasteiger partial charge < -0.3 is 79.4 Å². The van der Waals surface area contributed by atoms with Crippen LogP contribution in [0.2, 0.25) is 0 Å². The largest absolute Gasteiger partial charge is 0.479 e. The van der Waals surface area contributed by atoms with Gasteiger partial charge in [-0.05, 0) is 166 Å². The van der Waals surface area contributed by atoms with Crippen molar-refractivity contribution in [1.29, 1.82) is 0 Å². The summed E-state index contributed by atoms with van der Waals surface area (Å²) in [6.07, 6.45) is 22.3. The molecule has 15 fully saturated rings. The maximum absolute atomic E-state index is 13.4. The van der Waals surface area contributed by atoms with Gasteiger partial charge in [0.2, 0.25) is 0 Å². The monoisotopic (exact) mass is 1730 g/mol. The van der Waals surface area contributed by atoms with Crippen molar-refractivity contribution in [3.8, 4) is 0 Å². The quantitative estimate of drug-likeness (QED) is 0.0465. The Balaban J connectivity index is 0.000000110. The van der Waals surface area contributed by atoms with E-state index in [-0.39, 0.29) is 66.0 Å². The molecule has 9 aromatic rings. The van der Waals surface area contributed by atoms with E-state index < -0.39 is 97.0 Å². The number of carboxylic acid groups (broad SMARTS) is 1. The number of aromatic nitrogens is 12. The van der Waals surface area contributed by atoms with E-state index in [0.717, 1.165) is 104 Å². The number of aliphatic carboxylic acids is 1. The summed E-state index contributed by atoms with van der Waals surface area (Å²) < 4.78 is 63.1. The van der Waals surface area contributed by atoms with E-state index in [1.165, 1.54) is 81.4 Å². The minimum absolute atomic E-state index is 0.0970. The van der Waals surface area contributed by atoms with Crippen LogP contribution in [0, 0.1) is 35.5 Å². The number of hydrogen-bond acceptors (Lipinski definition) is 25. The average Bonchev–Trinajstić information content (AvgIpc) is 1.58. The van der Waals surface area contributed by atoms with Crippen molar-refractivity contribution >= 4 is 86.8 Å². The Morgan fingerprint density at radius 1 is 0.409 bits per heavy atom. The molecule has 6 saturated heterocycles. The predicted octanol–water partition coefficient (Wildman–Crippen LogP) is 7.97. The van der Waals surface area contributed by atoms with Crippen molar-refractivity contribution in [2.75, 3.05) is 35.6 Å². The fourth-order valence-corrected chi connectivity index (χ4v) is 25.5. The summed E-state index contributed by atoms with van der Waals surface area (Å²) in [4.78, 5) is 118. The van der Waals surface area contributed by atoms with Crippen molar-refractivity contribution in [3.05, 3.63) is 144 Å². The molecule has 8 amide bonds. The number of amides is 8. The Bertz CT molecular complexity index is 5690. The molecule has 127 heavy (non-hydrogen) atoms. The van der Waals surface area contributed by atoms with Gasteiger partial charge >= 0.3 is 24.1 Å². The molecule has 18 aliphatic rings. The summed E-state index contributed by atoms with van der Waals surface area (Å²) in [5.41, 5.74) is 9.18. The summed E-state index contributed by atoms with van der Waals surface area (Å²) in [7, 11) is 0. The number of likely N-dealkylation sites (N-methyl/N-ethyl adjacent to an activating group) is 1. The van der Waals surface area contributed by atoms with E-state index in [1.807, 2.05) is 55.5 Å². The van der Waals surface area contributed by atoms with Crippen LogP contribution in [-0.2, 0) is 95.5 Å². The van der Waals surface area contributed by atoms with E-state index >= 15 is 0 Å². The molecule has 37 heteroatoms. The molecule has 27 rings (SSSR count). The smallest absolute Gasteiger partial charge is 0.335 e. The minimum atomic E-state index is -1.22. The lowest BCUT2D eigenvalue weighted by molar-refractivity contribution is -0.214. The molecule has 6 aliphatic heterocycles. The van der Waals surface area contributed by atoms with Crippen LogP contribution in [0.1, 0.15) is 168 Å². The summed E-state index contributed by atoms with van der Waals surface area (Å²) in [6.45, 7) is 2.25. The Labute approximate surface area is 728 Å². The standard InChI is InChI=1S/C32H37N7O6.C32H37N7O5.C26H28N6O6/c40-6-5-33-28(41)24-23-25(45-32(44-23)13-20-3-1-2-4-21(20)14-32)29(43-24)39-16-36-22-26(34-15-35-27(22)39)37-30(42)38-31-10-17-7-18(11-31)9-19(8-17)12-31;1-2-33-28(40)24-23-25(44-32(43-23)13-20-5-3-4-6-21(20)14-32)29(42-24)39-16-36-22-26(34-15-35-27(22)39)37-30(41)38-31-10-17-7-18(11-31)9-19(8-17)12-31;33-24(34)20-18-19(38-26(37-18)10-14-6-4-5-7-15(14)11-26)23(36-20)32-13-29-17-21(27-12-28-22(17)32)31-25(35)30-16-8-2-1-3-9-16/h1-4,15-19,23-25,29,40H,5-14H2,(H,33,41)(H2,34,35,37,38,42);3-6,15-19,23-25,29H,2,7-14H2,1H3,(H,33,40)(H2,34,35,37,38,41);4-7,12-13,16,18-20,23H,1-3,8-11H2,(H,33,34)(H2,27,28,30,31,35)/t2*17?,18?,19?,23?,24-,25-,29+,31?;18?,19-,20-,23+/m000/s1. The number of aliphatic hydroxyl groups is 1. The molecule has 12 atom stereocenters. The highest BCUT2D eigenvalue weighted by Crippen LogP contribution is 2.59. The average molecular weight is 1740 g/mol. The molecule has 3 aromatic carbocycles. The van der Waals surface area contributed by atoms with Crippen LogP contribution < -0.4 is 42.5 Å². The molecule has 3 unspecified atom stereocenters. The number of ether oxygens (including phenoxy) is 9. The van der Waals surface area contributed by atoms with E-state index in [4.69, 9.17) is 42.6 Å². The van der Waals surface area contributed by atoms with E-state index in [2.05, 4.69) is 112 Å². The van der Waals surface area contributed by atoms with Gasteiger partial charge in [0.05, 0.1) is 25.6 Å². The molecule has 3 spiro atoms. The minimum Gasteiger partial charge on any atom is -0.479 e. The number of nitrogens with one attached hydrogen (secondary N) is 8. The molecule has 664 valence electrons. The van der Waals surface area contributed by atoms with Gasteiger partial charge in [0, 0.05) is 68.7 Å². The normalized spacial score (nSPS) is 33.1. The number of rotatable bonds is 15. The maximum Gasteiger partial charge on any atom is 0.335 e. The first-order chi connectivity index (χ1) is 61.8. The molecule has 0 radical (unpaired) electrons. The SMILES string of the molecule is CCNC(=O)[C@H]1O[C@@H](n2cnc3c(NC(=O)NC45CC6CC(CC(C6)C4)C5)ncnc32)[C@H]2OC3(Cc4ccccc4C3)OC12.O=C(Nc1ncnc2c1ncn2[C@@H]1O[C@H](C(=O)NCCO)C2OC3(Cc4ccccc4C3)O[C@@H]21)NC12CC3CC(CC(C3)C1)C2.O=C(Nc1ncnc2c1ncn2[C@@H]1O[C@H](C(=O)O)C2OC3(Cc4ccccc4C3)O[C@@H]21)NC1CCCCC1. The molecule has 9 saturated carbocycles. The van der Waals surface area contributed by atoms with Gasteiger partial charge in [-0.2, -0.15) is 0 Å². The molecular weight excluding hydrogens is 1630 g/mol. The van der Waals surface area contributed by atoms with Gasteiger partial charge in [0.1, 0.15) is 55.6 Å². The number of carbonyl (C=O) groups excluding carboxylic acids is 5. The fraction of sp³-hybridized carbons (Fsp3) is 0.567. The van der Waals surface area contributed by atoms with Crippen LogP contribution in [0.4, 0.5) is 31.8 Å². The zero-order valence-electron chi connectivity index (χ0n) is 70.1. The number of imidazole rings is 3. The first-order valence-corrected chi connectivity index (χ1v) is 45.2. The Morgan fingerprint density at radius 3 is 1.07 bits per heavy atom. The number of hydrogen-bond donors (Lipinski definition) is 10. The van der Waals surface area contributed by atoms with Gasteiger partial charge in [-0.25, -0.2) is 64.0 Å². The van der Waals surface area contributed by atoms with Gasteiger partial charge in [-0.15, -0.1) is 0 Å². The third-order valence-corrected chi connectivity index (χ3v) is 29.7. The summed E-state index contributed by atoms with van der Waals surface area (Å²) in [5.74, 6) is 0.721. The fourth-order valence-electron chi connectivity index (χ4n) is 25.5. The van der Waals surface area contributed by atoms with Crippen molar-refractivity contribution in [2.45, 2.75) is 263 Å². The lowest BCUT2D eigenvalue weighted by Crippen LogP contribution is -2.60. The molecule has 12 heterocycles. The molecule has 6 aromatic heterocycles. The van der Waals surface area contributed by atoms with Crippen LogP contribution in [0.5, 0.6) is 0 Å². The number of anilines is 3. The highest BCUT2D eigenvalue weighted by molar-refractivity contribution is 5.98. The van der Waals surface area contributed by atoms with Crippen LogP contribution in [0.15, 0.2) is 111 Å². The second-order valence-electron chi connectivity index (χ2n) is 38.3. The number of carboxylic acids is 1. The number of urea groups is 3. The van der Waals surface area contributed by atoms with Crippen molar-refractivity contribution in [2.24, 2.45) is 35.5 Å². The molecule has 37 nitrogen and oxygen atoms in total. The third kappa shape index (κ3) is 14.6. The van der Waals surface area contributed by atoms with E-state index in [1.54, 1.807) is 26.4 Å². The number of benzene rings is 3. The van der Waals surface area contributed by atoms with Gasteiger partial charge in [-0.3, -0.25) is 39.2 Å². The second kappa shape index (κ2) is 31.5. The van der Waals surface area contributed by atoms with E-state index in [9.17, 15) is 39.0 Å². The lowest BCUT2D eigenvalue weighted by Gasteiger charge is -2.56. The van der Waals surface area contributed by atoms with Crippen LogP contribution in [0.3, 0.4) is 0 Å². The summed E-state index contributed by atoms with van der Waals surface area (Å²) in [5, 5.41) is 43.2. The van der Waals surface area contributed by atoms with Crippen molar-refractivity contribution in [1.82, 2.24) is 85.1 Å². The van der Waals surface area contributed by atoms with E-state index in [0.29, 0.717) is 108 Å². The third-order valence-electron chi connectivity index (χ3n) is 29.7. The van der Waals surface area contributed by atoms with Gasteiger partial charge in [-0.1, -0.05) is 92.1 Å². The summed E-state index contributed by atoms with van der Waals surface area (Å²) in [6, 6.07) is 23.6. The highest BCUT2D eigenvalue weighted by atomic mass is 16.8. The lowest BCUT2D eigenvalue weighted by atomic mass is 9.53. The molecule has 12 aliphatic carbocycles. The first kappa shape index (κ1) is 80.7. The summed E-state index contributed by atoms with van der Waals surface area (Å²) >= 11 is 0. The van der Waals surface area contributed by atoms with Crippen LogP contribution in [-0.4, -0.2) is 214 Å². The first-order valence-electron chi connectivity index (χ1n) is 45.2. The number of nitrogens with zero attached hydrogens (tertiary/aromatic N) is 12. The van der Waals surface area contributed by atoms with Crippen LogP contribution >= 0.6 is 0 Å². The second-order valence-corrected chi connectivity index (χ2v) is 38.3. The number of carbonyl (C=O) groups is 6. The predicted molar refractivity (Wildman–Crippen MR) is 448 cm³/mol. The molecular formula is C90H102N20O17. The zero-order valence-corrected chi connectivity index (χ0v) is 70.1. The van der Waals surface area contributed by atoms with Gasteiger partial charge in [0.25, 0.3) is 11.8 Å². The molecule has 8 bridgehead atoms. The number of fused-ring (bicyclic) bond motifs is 9. The van der Waals surface area contributed by atoms with Crippen molar-refractivity contribution in [3.63, 3.8) is 0 Å². The van der Waals surface area contributed by atoms with Gasteiger partial charge in [0.15, 0.2) is 105 Å².